The minimum Gasteiger partial charge on any atom is -0.310 e. The van der Waals surface area contributed by atoms with E-state index < -0.39 is 0 Å². The van der Waals surface area contributed by atoms with E-state index in [1.807, 2.05) is 0 Å². The minimum atomic E-state index is -0.146. The van der Waals surface area contributed by atoms with Gasteiger partial charge in [-0.15, -0.1) is 0 Å². The maximum absolute atomic E-state index is 2.41. The fourth-order valence-corrected chi connectivity index (χ4v) is 7.73. The van der Waals surface area contributed by atoms with Crippen molar-refractivity contribution in [2.24, 2.45) is 0 Å². The molecule has 0 aromatic heterocycles. The zero-order valence-electron chi connectivity index (χ0n) is 31.6. The first-order chi connectivity index (χ1) is 25.6. The molecule has 0 spiro atoms. The third-order valence-corrected chi connectivity index (χ3v) is 10.7. The molecule has 1 aliphatic rings. The highest BCUT2D eigenvalue weighted by Gasteiger charge is 2.36. The van der Waals surface area contributed by atoms with Gasteiger partial charge < -0.3 is 9.80 Å². The summed E-state index contributed by atoms with van der Waals surface area (Å²) in [5, 5.41) is 0. The molecule has 0 aliphatic heterocycles. The summed E-state index contributed by atoms with van der Waals surface area (Å²) in [6.07, 6.45) is 4.47. The SMILES string of the molecule is Cc1ccc(N(c2ccc(/C=C/c3ccc4c(c3)C(C)(C)c3cc(N(c5ccc(C)cc5)c5cccc(C)c5)ccc3-4)cc2)c2cccc(C)c2)cc1. The second-order valence-corrected chi connectivity index (χ2v) is 15.1. The Morgan fingerprint density at radius 2 is 0.755 bits per heavy atom. The molecule has 2 nitrogen and oxygen atoms in total. The van der Waals surface area contributed by atoms with Gasteiger partial charge in [0.1, 0.15) is 0 Å². The van der Waals surface area contributed by atoms with E-state index in [-0.39, 0.29) is 5.41 Å². The Labute approximate surface area is 315 Å². The predicted molar refractivity (Wildman–Crippen MR) is 228 cm³/mol. The monoisotopic (exact) mass is 686 g/mol. The van der Waals surface area contributed by atoms with E-state index in [1.165, 1.54) is 67.0 Å². The molecule has 0 saturated heterocycles. The fraction of sp³-hybridized carbons (Fsp3) is 0.137. The average molecular weight is 687 g/mol. The molecule has 53 heavy (non-hydrogen) atoms. The van der Waals surface area contributed by atoms with Crippen molar-refractivity contribution in [2.75, 3.05) is 9.80 Å². The van der Waals surface area contributed by atoms with Crippen molar-refractivity contribution in [3.63, 3.8) is 0 Å². The molecular weight excluding hydrogens is 641 g/mol. The van der Waals surface area contributed by atoms with Crippen molar-refractivity contribution < 1.29 is 0 Å². The number of benzene rings is 7. The van der Waals surface area contributed by atoms with Crippen LogP contribution in [0.25, 0.3) is 23.3 Å². The summed E-state index contributed by atoms with van der Waals surface area (Å²) in [5.41, 5.74) is 19.5. The number of nitrogens with zero attached hydrogens (tertiary/aromatic N) is 2. The van der Waals surface area contributed by atoms with Crippen LogP contribution in [0.4, 0.5) is 34.1 Å². The van der Waals surface area contributed by atoms with E-state index in [9.17, 15) is 0 Å². The highest BCUT2D eigenvalue weighted by Crippen LogP contribution is 2.51. The topological polar surface area (TPSA) is 6.48 Å². The molecule has 0 bridgehead atoms. The molecule has 0 radical (unpaired) electrons. The molecular formula is C51H46N2. The number of anilines is 6. The molecule has 0 amide bonds. The third-order valence-electron chi connectivity index (χ3n) is 10.7. The zero-order valence-corrected chi connectivity index (χ0v) is 31.6. The maximum Gasteiger partial charge on any atom is 0.0465 e. The predicted octanol–water partition coefficient (Wildman–Crippen LogP) is 14.3. The van der Waals surface area contributed by atoms with Gasteiger partial charge in [0, 0.05) is 39.5 Å². The van der Waals surface area contributed by atoms with E-state index in [0.29, 0.717) is 0 Å². The van der Waals surface area contributed by atoms with Gasteiger partial charge in [0.2, 0.25) is 0 Å². The molecule has 0 atom stereocenters. The van der Waals surface area contributed by atoms with Crippen LogP contribution in [0.1, 0.15) is 58.4 Å². The van der Waals surface area contributed by atoms with Crippen molar-refractivity contribution in [3.8, 4) is 11.1 Å². The normalized spacial score (nSPS) is 12.8. The van der Waals surface area contributed by atoms with Gasteiger partial charge >= 0.3 is 0 Å². The molecule has 0 unspecified atom stereocenters. The Kier molecular flexibility index (Phi) is 8.84. The minimum absolute atomic E-state index is 0.146. The first-order valence-corrected chi connectivity index (χ1v) is 18.6. The molecule has 0 heterocycles. The van der Waals surface area contributed by atoms with Gasteiger partial charge in [-0.25, -0.2) is 0 Å². The Bertz CT molecular complexity index is 2450. The summed E-state index contributed by atoms with van der Waals surface area (Å²) in [4.78, 5) is 4.71. The number of hydrogen-bond donors (Lipinski definition) is 0. The van der Waals surface area contributed by atoms with Gasteiger partial charge in [0.25, 0.3) is 0 Å². The molecule has 2 heteroatoms. The molecule has 260 valence electrons. The van der Waals surface area contributed by atoms with Crippen LogP contribution in [0.3, 0.4) is 0 Å². The lowest BCUT2D eigenvalue weighted by atomic mass is 9.81. The van der Waals surface area contributed by atoms with Gasteiger partial charge in [-0.05, 0) is 145 Å². The molecule has 1 aliphatic carbocycles. The second kappa shape index (κ2) is 13.8. The van der Waals surface area contributed by atoms with Crippen LogP contribution in [0.5, 0.6) is 0 Å². The number of hydrogen-bond acceptors (Lipinski definition) is 2. The van der Waals surface area contributed by atoms with Crippen LogP contribution in [-0.2, 0) is 5.41 Å². The molecule has 8 rings (SSSR count). The van der Waals surface area contributed by atoms with Crippen molar-refractivity contribution in [2.45, 2.75) is 47.0 Å². The Morgan fingerprint density at radius 3 is 1.28 bits per heavy atom. The third kappa shape index (κ3) is 6.69. The number of fused-ring (bicyclic) bond motifs is 3. The smallest absolute Gasteiger partial charge is 0.0465 e. The van der Waals surface area contributed by atoms with E-state index >= 15 is 0 Å². The molecule has 0 saturated carbocycles. The second-order valence-electron chi connectivity index (χ2n) is 15.1. The van der Waals surface area contributed by atoms with Crippen molar-refractivity contribution >= 4 is 46.3 Å². The molecule has 0 fully saturated rings. The molecule has 0 N–H and O–H groups in total. The Hall–Kier alpha value is -6.12. The average Bonchev–Trinajstić information content (AvgIpc) is 3.38. The standard InChI is InChI=1S/C51H46N2/c1-35-13-22-41(23-14-35)52(44-11-7-9-37(3)31-44)43-26-19-39(20-27-43)17-18-40-21-29-47-48-30-28-46(34-50(48)51(5,6)49(47)33-40)53(42-24-15-36(2)16-25-42)45-12-8-10-38(4)32-45/h7-34H,1-6H3/b18-17+. The van der Waals surface area contributed by atoms with Crippen molar-refractivity contribution in [1.82, 2.24) is 0 Å². The van der Waals surface area contributed by atoms with Crippen molar-refractivity contribution in [1.29, 1.82) is 0 Å². The summed E-state index contributed by atoms with van der Waals surface area (Å²) >= 11 is 0. The van der Waals surface area contributed by atoms with Crippen LogP contribution >= 0.6 is 0 Å². The van der Waals surface area contributed by atoms with E-state index in [1.54, 1.807) is 0 Å². The Morgan fingerprint density at radius 1 is 0.358 bits per heavy atom. The first kappa shape index (κ1) is 34.0. The summed E-state index contributed by atoms with van der Waals surface area (Å²) in [6.45, 7) is 13.3. The maximum atomic E-state index is 2.41. The van der Waals surface area contributed by atoms with Gasteiger partial charge in [0.15, 0.2) is 0 Å². The fourth-order valence-electron chi connectivity index (χ4n) is 7.73. The Balaban J connectivity index is 1.08. The van der Waals surface area contributed by atoms with Gasteiger partial charge in [-0.2, -0.15) is 0 Å². The van der Waals surface area contributed by atoms with Crippen molar-refractivity contribution in [3.05, 3.63) is 202 Å². The number of aryl methyl sites for hydroxylation is 4. The summed E-state index contributed by atoms with van der Waals surface area (Å²) in [5.74, 6) is 0. The van der Waals surface area contributed by atoms with Gasteiger partial charge in [-0.3, -0.25) is 0 Å². The van der Waals surface area contributed by atoms with Crippen LogP contribution in [0.2, 0.25) is 0 Å². The lowest BCUT2D eigenvalue weighted by molar-refractivity contribution is 0.660. The summed E-state index contributed by atoms with van der Waals surface area (Å²) < 4.78 is 0. The highest BCUT2D eigenvalue weighted by atomic mass is 15.1. The van der Waals surface area contributed by atoms with E-state index in [2.05, 4.69) is 221 Å². The summed E-state index contributed by atoms with van der Waals surface area (Å²) in [6, 6.07) is 57.9. The van der Waals surface area contributed by atoms with Crippen LogP contribution in [0.15, 0.2) is 158 Å². The summed E-state index contributed by atoms with van der Waals surface area (Å²) in [7, 11) is 0. The lowest BCUT2D eigenvalue weighted by Crippen LogP contribution is -2.16. The van der Waals surface area contributed by atoms with Crippen LogP contribution < -0.4 is 9.80 Å². The quantitative estimate of drug-likeness (QED) is 0.147. The zero-order chi connectivity index (χ0) is 36.7. The van der Waals surface area contributed by atoms with E-state index in [0.717, 1.165) is 22.7 Å². The lowest BCUT2D eigenvalue weighted by Gasteiger charge is -2.28. The number of rotatable bonds is 8. The molecule has 7 aromatic rings. The van der Waals surface area contributed by atoms with Crippen LogP contribution in [0, 0.1) is 27.7 Å². The van der Waals surface area contributed by atoms with Crippen LogP contribution in [-0.4, -0.2) is 0 Å². The van der Waals surface area contributed by atoms with Gasteiger partial charge in [-0.1, -0.05) is 122 Å². The van der Waals surface area contributed by atoms with Gasteiger partial charge in [0.05, 0.1) is 0 Å². The first-order valence-electron chi connectivity index (χ1n) is 18.6. The molecule has 7 aromatic carbocycles. The highest BCUT2D eigenvalue weighted by molar-refractivity contribution is 5.87. The van der Waals surface area contributed by atoms with E-state index in [4.69, 9.17) is 0 Å². The largest absolute Gasteiger partial charge is 0.310 e.